The monoisotopic (exact) mass is 460 g/mol. The van der Waals surface area contributed by atoms with Gasteiger partial charge >= 0.3 is 0 Å². The van der Waals surface area contributed by atoms with Crippen LogP contribution in [0.4, 0.5) is 0 Å². The van der Waals surface area contributed by atoms with Gasteiger partial charge < -0.3 is 18.7 Å². The van der Waals surface area contributed by atoms with Crippen molar-refractivity contribution in [1.29, 1.82) is 0 Å². The molecule has 1 aromatic carbocycles. The molecule has 1 aromatic rings. The Kier molecular flexibility index (Phi) is 11.1. The third-order valence-electron chi connectivity index (χ3n) is 6.68. The molecule has 0 aromatic heterocycles. The van der Waals surface area contributed by atoms with Crippen LogP contribution in [-0.2, 0) is 20.6 Å². The third kappa shape index (κ3) is 8.02. The molecule has 0 fully saturated rings. The van der Waals surface area contributed by atoms with Gasteiger partial charge in [0, 0.05) is 17.8 Å². The molecule has 180 valence electrons. The van der Waals surface area contributed by atoms with Crippen LogP contribution >= 0.6 is 0 Å². The van der Waals surface area contributed by atoms with Gasteiger partial charge in [0.15, 0.2) is 8.32 Å². The summed E-state index contributed by atoms with van der Waals surface area (Å²) in [6.45, 7) is 21.6. The van der Waals surface area contributed by atoms with E-state index in [-0.39, 0.29) is 35.0 Å². The van der Waals surface area contributed by atoms with Gasteiger partial charge in [-0.05, 0) is 35.8 Å². The molecule has 32 heavy (non-hydrogen) atoms. The SMILES string of the molecule is C=C/C=C\C(C)C(OCc1ccc(OC)cc1)C(C)C(O[Si](C)(C)C(C)(C)C)C(C)C=O. The first kappa shape index (κ1) is 28.3. The first-order valence-electron chi connectivity index (χ1n) is 11.5. The first-order valence-corrected chi connectivity index (χ1v) is 14.5. The molecule has 0 aliphatic heterocycles. The van der Waals surface area contributed by atoms with Crippen LogP contribution in [0.3, 0.4) is 0 Å². The van der Waals surface area contributed by atoms with E-state index in [1.54, 1.807) is 13.2 Å². The Morgan fingerprint density at radius 1 is 1.03 bits per heavy atom. The van der Waals surface area contributed by atoms with E-state index >= 15 is 0 Å². The largest absolute Gasteiger partial charge is 0.497 e. The Morgan fingerprint density at radius 3 is 2.09 bits per heavy atom. The molecule has 0 aliphatic carbocycles. The summed E-state index contributed by atoms with van der Waals surface area (Å²) in [7, 11) is -0.415. The molecule has 0 aliphatic rings. The number of aldehydes is 1. The topological polar surface area (TPSA) is 44.8 Å². The number of carbonyl (C=O) groups is 1. The standard InChI is InChI=1S/C27H44O4Si/c1-11-12-13-20(2)25(30-19-23-14-16-24(29-8)17-15-23)22(4)26(21(3)18-28)31-32(9,10)27(5,6)7/h11-18,20-22,25-26H,1,19H2,2-10H3/b13-12-. The Bertz CT molecular complexity index is 733. The number of rotatable bonds is 13. The number of allylic oxidation sites excluding steroid dienone is 2. The van der Waals surface area contributed by atoms with Crippen molar-refractivity contribution in [2.45, 2.75) is 78.5 Å². The first-order chi connectivity index (χ1) is 14.9. The van der Waals surface area contributed by atoms with Crippen LogP contribution in [-0.4, -0.2) is 33.9 Å². The van der Waals surface area contributed by atoms with Crippen molar-refractivity contribution in [3.05, 3.63) is 54.6 Å². The van der Waals surface area contributed by atoms with Gasteiger partial charge in [0.2, 0.25) is 0 Å². The van der Waals surface area contributed by atoms with E-state index in [0.29, 0.717) is 6.61 Å². The number of hydrogen-bond donors (Lipinski definition) is 0. The van der Waals surface area contributed by atoms with Crippen LogP contribution in [0.15, 0.2) is 49.1 Å². The highest BCUT2D eigenvalue weighted by atomic mass is 28.4. The molecule has 5 atom stereocenters. The zero-order valence-electron chi connectivity index (χ0n) is 21.6. The van der Waals surface area contributed by atoms with E-state index in [1.807, 2.05) is 37.3 Å². The van der Waals surface area contributed by atoms with Crippen LogP contribution in [0, 0.1) is 17.8 Å². The maximum absolute atomic E-state index is 11.8. The Hall–Kier alpha value is -1.69. The summed E-state index contributed by atoms with van der Waals surface area (Å²) in [5.74, 6) is 0.753. The summed E-state index contributed by atoms with van der Waals surface area (Å²) in [6, 6.07) is 7.91. The molecule has 0 N–H and O–H groups in total. The number of hydrogen-bond acceptors (Lipinski definition) is 4. The summed E-state index contributed by atoms with van der Waals surface area (Å²) in [4.78, 5) is 11.8. The second-order valence-corrected chi connectivity index (χ2v) is 15.1. The molecule has 5 heteroatoms. The third-order valence-corrected chi connectivity index (χ3v) is 11.2. The number of carbonyl (C=O) groups excluding carboxylic acids is 1. The van der Waals surface area contributed by atoms with Crippen LogP contribution < -0.4 is 4.74 Å². The van der Waals surface area contributed by atoms with Gasteiger partial charge in [-0.25, -0.2) is 0 Å². The fourth-order valence-electron chi connectivity index (χ4n) is 3.53. The van der Waals surface area contributed by atoms with Gasteiger partial charge in [0.05, 0.1) is 25.9 Å². The molecule has 0 saturated heterocycles. The lowest BCUT2D eigenvalue weighted by molar-refractivity contribution is -0.117. The lowest BCUT2D eigenvalue weighted by Gasteiger charge is -2.44. The normalized spacial score (nSPS) is 17.4. The van der Waals surface area contributed by atoms with Crippen molar-refractivity contribution in [1.82, 2.24) is 0 Å². The molecular formula is C27H44O4Si. The fourth-order valence-corrected chi connectivity index (χ4v) is 5.00. The van der Waals surface area contributed by atoms with Gasteiger partial charge in [-0.2, -0.15) is 0 Å². The zero-order chi connectivity index (χ0) is 24.5. The number of ether oxygens (including phenoxy) is 2. The van der Waals surface area contributed by atoms with Gasteiger partial charge in [0.1, 0.15) is 12.0 Å². The molecular weight excluding hydrogens is 416 g/mol. The van der Waals surface area contributed by atoms with Gasteiger partial charge in [-0.15, -0.1) is 0 Å². The molecule has 0 radical (unpaired) electrons. The van der Waals surface area contributed by atoms with Crippen molar-refractivity contribution in [3.63, 3.8) is 0 Å². The molecule has 5 unspecified atom stereocenters. The summed E-state index contributed by atoms with van der Waals surface area (Å²) in [6.07, 6.45) is 6.52. The molecule has 1 rings (SSSR count). The highest BCUT2D eigenvalue weighted by molar-refractivity contribution is 6.74. The maximum Gasteiger partial charge on any atom is 0.192 e. The zero-order valence-corrected chi connectivity index (χ0v) is 22.6. The second kappa shape index (κ2) is 12.5. The quantitative estimate of drug-likeness (QED) is 0.184. The van der Waals surface area contributed by atoms with E-state index in [2.05, 4.69) is 60.4 Å². The van der Waals surface area contributed by atoms with Gasteiger partial charge in [-0.3, -0.25) is 0 Å². The van der Waals surface area contributed by atoms with Crippen LogP contribution in [0.5, 0.6) is 5.75 Å². The van der Waals surface area contributed by atoms with Gasteiger partial charge in [-0.1, -0.05) is 78.5 Å². The second-order valence-electron chi connectivity index (χ2n) is 10.3. The lowest BCUT2D eigenvalue weighted by Crippen LogP contribution is -2.50. The molecule has 0 heterocycles. The summed E-state index contributed by atoms with van der Waals surface area (Å²) in [5.41, 5.74) is 1.08. The predicted octanol–water partition coefficient (Wildman–Crippen LogP) is 6.82. The molecule has 0 spiro atoms. The van der Waals surface area contributed by atoms with Crippen molar-refractivity contribution in [3.8, 4) is 5.75 Å². The molecule has 4 nitrogen and oxygen atoms in total. The maximum atomic E-state index is 11.8. The molecule has 0 bridgehead atoms. The number of methoxy groups -OCH3 is 1. The van der Waals surface area contributed by atoms with Crippen molar-refractivity contribution < 1.29 is 18.7 Å². The minimum Gasteiger partial charge on any atom is -0.497 e. The molecule has 0 saturated carbocycles. The minimum atomic E-state index is -2.08. The fraction of sp³-hybridized carbons (Fsp3) is 0.593. The van der Waals surface area contributed by atoms with Crippen LogP contribution in [0.25, 0.3) is 0 Å². The average molecular weight is 461 g/mol. The Balaban J connectivity index is 3.19. The van der Waals surface area contributed by atoms with Crippen molar-refractivity contribution >= 4 is 14.6 Å². The van der Waals surface area contributed by atoms with E-state index in [9.17, 15) is 4.79 Å². The number of benzene rings is 1. The highest BCUT2D eigenvalue weighted by Crippen LogP contribution is 2.40. The van der Waals surface area contributed by atoms with E-state index in [0.717, 1.165) is 17.6 Å². The summed E-state index contributed by atoms with van der Waals surface area (Å²) >= 11 is 0. The van der Waals surface area contributed by atoms with Crippen LogP contribution in [0.2, 0.25) is 18.1 Å². The lowest BCUT2D eigenvalue weighted by atomic mass is 9.84. The van der Waals surface area contributed by atoms with E-state index in [4.69, 9.17) is 13.9 Å². The van der Waals surface area contributed by atoms with Gasteiger partial charge in [0.25, 0.3) is 0 Å². The molecule has 0 amide bonds. The van der Waals surface area contributed by atoms with E-state index < -0.39 is 8.32 Å². The summed E-state index contributed by atoms with van der Waals surface area (Å²) in [5, 5.41) is 0.0569. The Morgan fingerprint density at radius 2 is 1.62 bits per heavy atom. The Labute approximate surface area is 197 Å². The minimum absolute atomic E-state index is 0.0204. The van der Waals surface area contributed by atoms with E-state index in [1.165, 1.54) is 0 Å². The summed E-state index contributed by atoms with van der Waals surface area (Å²) < 4.78 is 18.5. The average Bonchev–Trinajstić information content (AvgIpc) is 2.75. The van der Waals surface area contributed by atoms with Crippen molar-refractivity contribution in [2.24, 2.45) is 17.8 Å². The highest BCUT2D eigenvalue weighted by Gasteiger charge is 2.43. The predicted molar refractivity (Wildman–Crippen MR) is 137 cm³/mol. The smallest absolute Gasteiger partial charge is 0.192 e. The van der Waals surface area contributed by atoms with Crippen LogP contribution in [0.1, 0.15) is 47.1 Å². The van der Waals surface area contributed by atoms with Crippen molar-refractivity contribution in [2.75, 3.05) is 7.11 Å².